The Bertz CT molecular complexity index is 764. The predicted octanol–water partition coefficient (Wildman–Crippen LogP) is 3.43. The Hall–Kier alpha value is -2.76. The summed E-state index contributed by atoms with van der Waals surface area (Å²) in [6, 6.07) is 9.64. The first kappa shape index (κ1) is 16.1. The fourth-order valence-electron chi connectivity index (χ4n) is 2.81. The molecule has 0 atom stereocenters. The van der Waals surface area contributed by atoms with Crippen LogP contribution < -0.4 is 14.8 Å². The number of fused-ring (bicyclic) bond motifs is 1. The molecule has 1 aliphatic rings. The highest BCUT2D eigenvalue weighted by Crippen LogP contribution is 2.33. The molecule has 0 aromatic heterocycles. The summed E-state index contributed by atoms with van der Waals surface area (Å²) in [6.45, 7) is 0.999. The number of benzene rings is 2. The van der Waals surface area contributed by atoms with Crippen molar-refractivity contribution >= 4 is 11.7 Å². The van der Waals surface area contributed by atoms with E-state index in [2.05, 4.69) is 5.32 Å². The molecule has 2 aromatic rings. The number of hydrogen-bond donors (Lipinski definition) is 1. The van der Waals surface area contributed by atoms with Gasteiger partial charge in [0, 0.05) is 13.1 Å². The monoisotopic (exact) mass is 330 g/mol. The van der Waals surface area contributed by atoms with Crippen molar-refractivity contribution in [2.24, 2.45) is 0 Å². The third-order valence-corrected chi connectivity index (χ3v) is 4.12. The Morgan fingerprint density at radius 2 is 1.79 bits per heavy atom. The Morgan fingerprint density at radius 3 is 2.46 bits per heavy atom. The molecule has 0 spiro atoms. The molecule has 0 unspecified atom stereocenters. The number of carbonyl (C=O) groups is 1. The summed E-state index contributed by atoms with van der Waals surface area (Å²) in [5, 5.41) is 2.62. The number of rotatable bonds is 3. The molecule has 3 rings (SSSR count). The van der Waals surface area contributed by atoms with Crippen molar-refractivity contribution in [3.63, 3.8) is 0 Å². The molecule has 0 saturated heterocycles. The van der Waals surface area contributed by atoms with Gasteiger partial charge in [0.15, 0.2) is 11.5 Å². The highest BCUT2D eigenvalue weighted by molar-refractivity contribution is 5.89. The smallest absolute Gasteiger partial charge is 0.322 e. The number of urea groups is 1. The van der Waals surface area contributed by atoms with Crippen LogP contribution in [0.15, 0.2) is 36.4 Å². The lowest BCUT2D eigenvalue weighted by atomic mass is 9.99. The minimum Gasteiger partial charge on any atom is -0.493 e. The minimum atomic E-state index is -0.449. The average Bonchev–Trinajstić information content (AvgIpc) is 2.61. The van der Waals surface area contributed by atoms with E-state index in [1.807, 2.05) is 12.1 Å². The number of hydrogen-bond acceptors (Lipinski definition) is 3. The molecule has 6 heteroatoms. The predicted molar refractivity (Wildman–Crippen MR) is 89.1 cm³/mol. The fraction of sp³-hybridized carbons (Fsp3) is 0.278. The quantitative estimate of drug-likeness (QED) is 0.938. The lowest BCUT2D eigenvalue weighted by Crippen LogP contribution is -2.39. The molecule has 1 heterocycles. The van der Waals surface area contributed by atoms with E-state index in [1.165, 1.54) is 6.07 Å². The van der Waals surface area contributed by atoms with Gasteiger partial charge in [-0.2, -0.15) is 0 Å². The van der Waals surface area contributed by atoms with Gasteiger partial charge >= 0.3 is 6.03 Å². The summed E-state index contributed by atoms with van der Waals surface area (Å²) < 4.78 is 24.3. The number of ether oxygens (including phenoxy) is 2. The van der Waals surface area contributed by atoms with Crippen molar-refractivity contribution in [3.8, 4) is 11.5 Å². The third kappa shape index (κ3) is 3.13. The number of carbonyl (C=O) groups excluding carboxylic acids is 1. The summed E-state index contributed by atoms with van der Waals surface area (Å²) in [6.07, 6.45) is 0.709. The van der Waals surface area contributed by atoms with Gasteiger partial charge in [0.05, 0.1) is 19.9 Å². The lowest BCUT2D eigenvalue weighted by Gasteiger charge is -2.29. The van der Waals surface area contributed by atoms with Gasteiger partial charge in [-0.15, -0.1) is 0 Å². The molecule has 0 bridgehead atoms. The summed E-state index contributed by atoms with van der Waals surface area (Å²) >= 11 is 0. The summed E-state index contributed by atoms with van der Waals surface area (Å²) in [5.41, 5.74) is 2.31. The number of nitrogens with zero attached hydrogens (tertiary/aromatic N) is 1. The lowest BCUT2D eigenvalue weighted by molar-refractivity contribution is 0.206. The second kappa shape index (κ2) is 6.78. The van der Waals surface area contributed by atoms with Crippen LogP contribution in [0.1, 0.15) is 11.1 Å². The van der Waals surface area contributed by atoms with Crippen LogP contribution in [0.2, 0.25) is 0 Å². The van der Waals surface area contributed by atoms with Gasteiger partial charge in [-0.25, -0.2) is 9.18 Å². The first-order chi connectivity index (χ1) is 11.6. The normalized spacial score (nSPS) is 13.2. The second-order valence-corrected chi connectivity index (χ2v) is 5.56. The molecular weight excluding hydrogens is 311 g/mol. The third-order valence-electron chi connectivity index (χ3n) is 4.12. The molecule has 0 saturated carbocycles. The van der Waals surface area contributed by atoms with Crippen molar-refractivity contribution in [2.75, 3.05) is 26.1 Å². The van der Waals surface area contributed by atoms with E-state index in [-0.39, 0.29) is 11.7 Å². The molecule has 1 N–H and O–H groups in total. The van der Waals surface area contributed by atoms with Crippen molar-refractivity contribution in [3.05, 3.63) is 53.3 Å². The summed E-state index contributed by atoms with van der Waals surface area (Å²) in [4.78, 5) is 14.1. The van der Waals surface area contributed by atoms with E-state index in [9.17, 15) is 9.18 Å². The van der Waals surface area contributed by atoms with Crippen LogP contribution >= 0.6 is 0 Å². The van der Waals surface area contributed by atoms with Crippen LogP contribution in [0.25, 0.3) is 0 Å². The zero-order chi connectivity index (χ0) is 17.1. The highest BCUT2D eigenvalue weighted by Gasteiger charge is 2.23. The number of amides is 2. The van der Waals surface area contributed by atoms with Gasteiger partial charge < -0.3 is 19.7 Å². The molecule has 0 radical (unpaired) electrons. The van der Waals surface area contributed by atoms with Crippen LogP contribution in [0.3, 0.4) is 0 Å². The van der Waals surface area contributed by atoms with Crippen LogP contribution in [0, 0.1) is 5.82 Å². The molecule has 2 aromatic carbocycles. The van der Waals surface area contributed by atoms with Gasteiger partial charge in [-0.3, -0.25) is 0 Å². The van der Waals surface area contributed by atoms with E-state index in [0.29, 0.717) is 31.0 Å². The van der Waals surface area contributed by atoms with Gasteiger partial charge in [0.25, 0.3) is 0 Å². The number of methoxy groups -OCH3 is 2. The van der Waals surface area contributed by atoms with E-state index in [1.54, 1.807) is 37.3 Å². The maximum absolute atomic E-state index is 13.7. The molecule has 24 heavy (non-hydrogen) atoms. The first-order valence-corrected chi connectivity index (χ1v) is 7.66. The van der Waals surface area contributed by atoms with E-state index in [0.717, 1.165) is 11.1 Å². The summed E-state index contributed by atoms with van der Waals surface area (Å²) in [5.74, 6) is 0.864. The van der Waals surface area contributed by atoms with Crippen molar-refractivity contribution < 1.29 is 18.7 Å². The van der Waals surface area contributed by atoms with Gasteiger partial charge in [-0.05, 0) is 41.8 Å². The molecular formula is C18H19FN2O3. The maximum Gasteiger partial charge on any atom is 0.322 e. The van der Waals surface area contributed by atoms with Crippen molar-refractivity contribution in [1.82, 2.24) is 4.90 Å². The number of halogens is 1. The van der Waals surface area contributed by atoms with Crippen molar-refractivity contribution in [1.29, 1.82) is 0 Å². The maximum atomic E-state index is 13.7. The average molecular weight is 330 g/mol. The first-order valence-electron chi connectivity index (χ1n) is 7.66. The second-order valence-electron chi connectivity index (χ2n) is 5.56. The molecule has 126 valence electrons. The Labute approximate surface area is 140 Å². The van der Waals surface area contributed by atoms with Crippen molar-refractivity contribution in [2.45, 2.75) is 13.0 Å². The van der Waals surface area contributed by atoms with Gasteiger partial charge in [0.2, 0.25) is 0 Å². The molecule has 0 aliphatic carbocycles. The van der Waals surface area contributed by atoms with E-state index in [4.69, 9.17) is 9.47 Å². The summed E-state index contributed by atoms with van der Waals surface area (Å²) in [7, 11) is 3.18. The van der Waals surface area contributed by atoms with Crippen LogP contribution in [-0.4, -0.2) is 31.7 Å². The van der Waals surface area contributed by atoms with Gasteiger partial charge in [-0.1, -0.05) is 12.1 Å². The van der Waals surface area contributed by atoms with Crippen LogP contribution in [0.4, 0.5) is 14.9 Å². The number of para-hydroxylation sites is 1. The number of anilines is 1. The fourth-order valence-corrected chi connectivity index (χ4v) is 2.81. The van der Waals surface area contributed by atoms with E-state index >= 15 is 0 Å². The van der Waals surface area contributed by atoms with Gasteiger partial charge in [0.1, 0.15) is 5.82 Å². The Morgan fingerprint density at radius 1 is 1.12 bits per heavy atom. The molecule has 5 nitrogen and oxygen atoms in total. The zero-order valence-corrected chi connectivity index (χ0v) is 13.6. The molecule has 1 aliphatic heterocycles. The van der Waals surface area contributed by atoms with E-state index < -0.39 is 5.82 Å². The zero-order valence-electron chi connectivity index (χ0n) is 13.6. The molecule has 2 amide bonds. The number of nitrogens with one attached hydrogen (secondary N) is 1. The topological polar surface area (TPSA) is 50.8 Å². The Balaban J connectivity index is 1.77. The minimum absolute atomic E-state index is 0.181. The standard InChI is InChI=1S/C18H19FN2O3/c1-23-16-9-12-7-8-21(11-13(12)10-17(16)24-2)18(22)20-15-6-4-3-5-14(15)19/h3-6,9-10H,7-8,11H2,1-2H3,(H,20,22). The highest BCUT2D eigenvalue weighted by atomic mass is 19.1. The van der Waals surface area contributed by atoms with Crippen LogP contribution in [-0.2, 0) is 13.0 Å². The Kier molecular flexibility index (Phi) is 4.55. The van der Waals surface area contributed by atoms with Crippen LogP contribution in [0.5, 0.6) is 11.5 Å². The largest absolute Gasteiger partial charge is 0.493 e. The molecule has 0 fully saturated rings. The SMILES string of the molecule is COc1cc2c(cc1OC)CN(C(=O)Nc1ccccc1F)CC2.